The van der Waals surface area contributed by atoms with Crippen LogP contribution in [0.5, 0.6) is 0 Å². The summed E-state index contributed by atoms with van der Waals surface area (Å²) in [5.41, 5.74) is 0.701. The summed E-state index contributed by atoms with van der Waals surface area (Å²) in [5.74, 6) is 0.612. The van der Waals surface area contributed by atoms with Crippen LogP contribution in [0.1, 0.15) is 5.56 Å². The highest BCUT2D eigenvalue weighted by Crippen LogP contribution is 2.19. The maximum Gasteiger partial charge on any atom is 0.144 e. The summed E-state index contributed by atoms with van der Waals surface area (Å²) < 4.78 is 4.87. The van der Waals surface area contributed by atoms with Gasteiger partial charge in [0.2, 0.25) is 0 Å². The summed E-state index contributed by atoms with van der Waals surface area (Å²) in [5, 5.41) is 12.4. The van der Waals surface area contributed by atoms with E-state index >= 15 is 0 Å². The number of aliphatic hydroxyl groups excluding tert-OH is 1. The molecule has 1 aromatic rings. The van der Waals surface area contributed by atoms with E-state index in [1.807, 2.05) is 0 Å². The fraction of sp³-hybridized carbons (Fsp3) is 0.444. The zero-order valence-electron chi connectivity index (χ0n) is 7.96. The van der Waals surface area contributed by atoms with E-state index in [9.17, 15) is 0 Å². The molecule has 14 heavy (non-hydrogen) atoms. The van der Waals surface area contributed by atoms with Gasteiger partial charge in [0.25, 0.3) is 0 Å². The number of pyridine rings is 1. The van der Waals surface area contributed by atoms with Gasteiger partial charge in [-0.3, -0.25) is 0 Å². The number of nitrogens with one attached hydrogen (secondary N) is 1. The minimum atomic E-state index is -0.0505. The average Bonchev–Trinajstić information content (AvgIpc) is 2.20. The Morgan fingerprint density at radius 1 is 1.64 bits per heavy atom. The van der Waals surface area contributed by atoms with E-state index in [4.69, 9.17) is 21.4 Å². The van der Waals surface area contributed by atoms with E-state index < -0.39 is 0 Å². The van der Waals surface area contributed by atoms with Gasteiger partial charge in [-0.25, -0.2) is 4.98 Å². The first-order valence-electron chi connectivity index (χ1n) is 4.26. The average molecular weight is 217 g/mol. The van der Waals surface area contributed by atoms with Gasteiger partial charge >= 0.3 is 0 Å². The second-order valence-electron chi connectivity index (χ2n) is 2.75. The molecule has 4 nitrogen and oxygen atoms in total. The third-order valence-corrected chi connectivity index (χ3v) is 1.97. The zero-order chi connectivity index (χ0) is 10.4. The van der Waals surface area contributed by atoms with Crippen molar-refractivity contribution >= 4 is 17.4 Å². The summed E-state index contributed by atoms with van der Waals surface area (Å²) in [4.78, 5) is 4.06. The predicted molar refractivity (Wildman–Crippen MR) is 55.5 cm³/mol. The van der Waals surface area contributed by atoms with Gasteiger partial charge in [0, 0.05) is 19.9 Å². The number of halogens is 1. The molecule has 0 spiro atoms. The quantitative estimate of drug-likeness (QED) is 0.729. The molecular formula is C9H13ClN2O2. The molecule has 0 aliphatic rings. The molecule has 0 bridgehead atoms. The fourth-order valence-electron chi connectivity index (χ4n) is 0.966. The van der Waals surface area contributed by atoms with Gasteiger partial charge in [0.05, 0.1) is 18.2 Å². The van der Waals surface area contributed by atoms with E-state index in [1.165, 1.54) is 0 Å². The van der Waals surface area contributed by atoms with Crippen LogP contribution in [-0.2, 0) is 11.3 Å². The lowest BCUT2D eigenvalue weighted by atomic mass is 10.3. The number of nitrogens with zero attached hydrogens (tertiary/aromatic N) is 1. The van der Waals surface area contributed by atoms with Crippen molar-refractivity contribution in [3.63, 3.8) is 0 Å². The molecule has 0 fully saturated rings. The van der Waals surface area contributed by atoms with Crippen LogP contribution in [0.3, 0.4) is 0 Å². The Kier molecular flexibility index (Phi) is 4.65. The van der Waals surface area contributed by atoms with Crippen molar-refractivity contribution in [2.75, 3.05) is 25.6 Å². The highest BCUT2D eigenvalue weighted by Gasteiger charge is 2.01. The maximum absolute atomic E-state index is 8.83. The van der Waals surface area contributed by atoms with Crippen LogP contribution in [0.25, 0.3) is 0 Å². The normalized spacial score (nSPS) is 10.2. The molecule has 0 radical (unpaired) electrons. The number of hydrogen-bond acceptors (Lipinski definition) is 4. The zero-order valence-corrected chi connectivity index (χ0v) is 8.71. The smallest absolute Gasteiger partial charge is 0.144 e. The van der Waals surface area contributed by atoms with Gasteiger partial charge in [-0.05, 0) is 11.6 Å². The standard InChI is InChI=1S/C9H13ClN2O2/c1-14-3-2-11-9-8(10)4-7(6-13)5-12-9/h4-5,13H,2-3,6H2,1H3,(H,11,12). The van der Waals surface area contributed by atoms with Crippen LogP contribution in [0.4, 0.5) is 5.82 Å². The van der Waals surface area contributed by atoms with Crippen molar-refractivity contribution in [3.8, 4) is 0 Å². The number of rotatable bonds is 5. The predicted octanol–water partition coefficient (Wildman–Crippen LogP) is 1.29. The number of aromatic nitrogens is 1. The summed E-state index contributed by atoms with van der Waals surface area (Å²) in [7, 11) is 1.63. The molecule has 0 atom stereocenters. The monoisotopic (exact) mass is 216 g/mol. The summed E-state index contributed by atoms with van der Waals surface area (Å²) >= 11 is 5.91. The second kappa shape index (κ2) is 5.80. The van der Waals surface area contributed by atoms with Crippen LogP contribution in [0.15, 0.2) is 12.3 Å². The SMILES string of the molecule is COCCNc1ncc(CO)cc1Cl. The lowest BCUT2D eigenvalue weighted by molar-refractivity contribution is 0.210. The van der Waals surface area contributed by atoms with Crippen molar-refractivity contribution < 1.29 is 9.84 Å². The summed E-state index contributed by atoms with van der Waals surface area (Å²) in [6.45, 7) is 1.20. The highest BCUT2D eigenvalue weighted by atomic mass is 35.5. The number of aliphatic hydroxyl groups is 1. The van der Waals surface area contributed by atoms with Gasteiger partial charge < -0.3 is 15.2 Å². The van der Waals surface area contributed by atoms with E-state index in [-0.39, 0.29) is 6.61 Å². The van der Waals surface area contributed by atoms with Crippen LogP contribution in [0.2, 0.25) is 5.02 Å². The Bertz CT molecular complexity index is 294. The van der Waals surface area contributed by atoms with Gasteiger partial charge in [0.1, 0.15) is 5.82 Å². The van der Waals surface area contributed by atoms with Crippen LogP contribution < -0.4 is 5.32 Å². The van der Waals surface area contributed by atoms with E-state index in [2.05, 4.69) is 10.3 Å². The Labute approximate surface area is 87.9 Å². The van der Waals surface area contributed by atoms with Crippen molar-refractivity contribution in [2.45, 2.75) is 6.61 Å². The van der Waals surface area contributed by atoms with Crippen molar-refractivity contribution in [3.05, 3.63) is 22.8 Å². The minimum Gasteiger partial charge on any atom is -0.392 e. The first kappa shape index (κ1) is 11.2. The molecule has 78 valence electrons. The minimum absolute atomic E-state index is 0.0505. The molecule has 0 aromatic carbocycles. The van der Waals surface area contributed by atoms with E-state index in [0.717, 1.165) is 0 Å². The first-order valence-corrected chi connectivity index (χ1v) is 4.64. The number of ether oxygens (including phenoxy) is 1. The molecule has 1 aromatic heterocycles. The van der Waals surface area contributed by atoms with Crippen molar-refractivity contribution in [1.82, 2.24) is 4.98 Å². The summed E-state index contributed by atoms with van der Waals surface area (Å²) in [6, 6.07) is 1.68. The van der Waals surface area contributed by atoms with Crippen LogP contribution in [0, 0.1) is 0 Å². The van der Waals surface area contributed by atoms with E-state index in [1.54, 1.807) is 19.4 Å². The fourth-order valence-corrected chi connectivity index (χ4v) is 1.22. The van der Waals surface area contributed by atoms with Gasteiger partial charge in [-0.15, -0.1) is 0 Å². The Balaban J connectivity index is 2.59. The van der Waals surface area contributed by atoms with Crippen LogP contribution >= 0.6 is 11.6 Å². The summed E-state index contributed by atoms with van der Waals surface area (Å²) in [6.07, 6.45) is 1.58. The molecule has 1 heterocycles. The number of anilines is 1. The molecule has 1 rings (SSSR count). The lowest BCUT2D eigenvalue weighted by Crippen LogP contribution is -2.09. The van der Waals surface area contributed by atoms with Gasteiger partial charge in [-0.1, -0.05) is 11.6 Å². The highest BCUT2D eigenvalue weighted by molar-refractivity contribution is 6.32. The topological polar surface area (TPSA) is 54.4 Å². The molecule has 0 saturated heterocycles. The van der Waals surface area contributed by atoms with E-state index in [0.29, 0.717) is 29.6 Å². The van der Waals surface area contributed by atoms with Crippen LogP contribution in [-0.4, -0.2) is 30.4 Å². The third-order valence-electron chi connectivity index (χ3n) is 1.68. The van der Waals surface area contributed by atoms with Crippen molar-refractivity contribution in [2.24, 2.45) is 0 Å². The third kappa shape index (κ3) is 3.14. The Hall–Kier alpha value is -0.840. The first-order chi connectivity index (χ1) is 6.77. The number of hydrogen-bond donors (Lipinski definition) is 2. The molecule has 0 aliphatic carbocycles. The molecule has 0 aliphatic heterocycles. The second-order valence-corrected chi connectivity index (χ2v) is 3.16. The molecule has 0 unspecified atom stereocenters. The Morgan fingerprint density at radius 2 is 2.43 bits per heavy atom. The molecule has 0 saturated carbocycles. The largest absolute Gasteiger partial charge is 0.392 e. The molecule has 2 N–H and O–H groups in total. The van der Waals surface area contributed by atoms with Gasteiger partial charge in [-0.2, -0.15) is 0 Å². The maximum atomic E-state index is 8.83. The number of methoxy groups -OCH3 is 1. The molecule has 5 heteroatoms. The lowest BCUT2D eigenvalue weighted by Gasteiger charge is -2.07. The molecule has 0 amide bonds. The Morgan fingerprint density at radius 3 is 3.00 bits per heavy atom. The van der Waals surface area contributed by atoms with Crippen molar-refractivity contribution in [1.29, 1.82) is 0 Å². The molecular weight excluding hydrogens is 204 g/mol. The van der Waals surface area contributed by atoms with Gasteiger partial charge in [0.15, 0.2) is 0 Å².